The van der Waals surface area contributed by atoms with E-state index in [2.05, 4.69) is 0 Å². The zero-order valence-corrected chi connectivity index (χ0v) is 12.2. The predicted octanol–water partition coefficient (Wildman–Crippen LogP) is 1.28. The number of carboxylic acid groups (broad SMARTS) is 1. The fourth-order valence-electron chi connectivity index (χ4n) is 3.69. The average Bonchev–Trinajstić information content (AvgIpc) is 2.96. The molecule has 0 aromatic rings. The summed E-state index contributed by atoms with van der Waals surface area (Å²) in [6, 6.07) is 0.151. The molecule has 0 aromatic carbocycles. The molecule has 0 bridgehead atoms. The molecule has 2 fully saturated rings. The molecule has 2 aliphatic carbocycles. The summed E-state index contributed by atoms with van der Waals surface area (Å²) in [5.74, 6) is -0.856. The maximum atomic E-state index is 11.9. The maximum absolute atomic E-state index is 11.9. The van der Waals surface area contributed by atoms with Gasteiger partial charge < -0.3 is 5.11 Å². The Morgan fingerprint density at radius 3 is 2.32 bits per heavy atom. The molecule has 2 rings (SSSR count). The number of carbonyl (C=O) groups is 1. The van der Waals surface area contributed by atoms with Crippen LogP contribution in [0.2, 0.25) is 0 Å². The lowest BCUT2D eigenvalue weighted by molar-refractivity contribution is -0.139. The molecular weight excluding hydrogens is 266 g/mol. The second-order valence-electron chi connectivity index (χ2n) is 5.87. The minimum Gasteiger partial charge on any atom is -0.480 e. The highest BCUT2D eigenvalue weighted by Gasteiger charge is 2.41. The first-order valence-corrected chi connectivity index (χ1v) is 9.01. The van der Waals surface area contributed by atoms with Crippen molar-refractivity contribution in [3.63, 3.8) is 0 Å². The van der Waals surface area contributed by atoms with Crippen molar-refractivity contribution < 1.29 is 18.3 Å². The van der Waals surface area contributed by atoms with Crippen LogP contribution in [-0.2, 0) is 14.6 Å². The zero-order chi connectivity index (χ0) is 14.0. The number of sulfone groups is 1. The molecule has 0 radical (unpaired) electrons. The second kappa shape index (κ2) is 5.79. The van der Waals surface area contributed by atoms with E-state index in [1.54, 1.807) is 0 Å². The van der Waals surface area contributed by atoms with Crippen LogP contribution >= 0.6 is 0 Å². The molecule has 2 saturated carbocycles. The highest BCUT2D eigenvalue weighted by atomic mass is 32.2. The average molecular weight is 289 g/mol. The van der Waals surface area contributed by atoms with Gasteiger partial charge in [-0.2, -0.15) is 0 Å². The molecule has 6 heteroatoms. The van der Waals surface area contributed by atoms with Gasteiger partial charge in [-0.25, -0.2) is 8.42 Å². The van der Waals surface area contributed by atoms with Crippen molar-refractivity contribution in [3.8, 4) is 0 Å². The summed E-state index contributed by atoms with van der Waals surface area (Å²) in [4.78, 5) is 13.1. The molecule has 0 aromatic heterocycles. The predicted molar refractivity (Wildman–Crippen MR) is 72.9 cm³/mol. The van der Waals surface area contributed by atoms with Crippen molar-refractivity contribution in [3.05, 3.63) is 0 Å². The lowest BCUT2D eigenvalue weighted by Gasteiger charge is -2.35. The molecule has 0 aliphatic heterocycles. The number of aliphatic carboxylic acids is 1. The van der Waals surface area contributed by atoms with Crippen LogP contribution in [0.3, 0.4) is 0 Å². The third-order valence-corrected chi connectivity index (χ3v) is 6.15. The van der Waals surface area contributed by atoms with Crippen LogP contribution < -0.4 is 0 Å². The van der Waals surface area contributed by atoms with Crippen molar-refractivity contribution in [1.29, 1.82) is 0 Å². The van der Waals surface area contributed by atoms with Crippen molar-refractivity contribution in [2.75, 3.05) is 12.8 Å². The Bertz CT molecular complexity index is 428. The van der Waals surface area contributed by atoms with E-state index in [0.717, 1.165) is 38.5 Å². The number of nitrogens with zero attached hydrogens (tertiary/aromatic N) is 1. The van der Waals surface area contributed by atoms with Crippen molar-refractivity contribution >= 4 is 15.8 Å². The van der Waals surface area contributed by atoms with Crippen molar-refractivity contribution in [2.24, 2.45) is 0 Å². The largest absolute Gasteiger partial charge is 0.480 e. The Morgan fingerprint density at radius 2 is 1.79 bits per heavy atom. The van der Waals surface area contributed by atoms with Gasteiger partial charge in [-0.15, -0.1) is 0 Å². The molecule has 2 aliphatic rings. The first-order chi connectivity index (χ1) is 8.89. The maximum Gasteiger partial charge on any atom is 0.317 e. The van der Waals surface area contributed by atoms with Crippen LogP contribution in [-0.4, -0.2) is 54.5 Å². The van der Waals surface area contributed by atoms with E-state index < -0.39 is 15.8 Å². The normalized spacial score (nSPS) is 29.2. The number of hydrogen-bond donors (Lipinski definition) is 1. The van der Waals surface area contributed by atoms with Crippen LogP contribution in [0.1, 0.15) is 44.9 Å². The van der Waals surface area contributed by atoms with E-state index in [1.807, 2.05) is 4.90 Å². The molecule has 0 heterocycles. The Labute approximate surface area is 114 Å². The van der Waals surface area contributed by atoms with Gasteiger partial charge >= 0.3 is 5.97 Å². The topological polar surface area (TPSA) is 74.7 Å². The Morgan fingerprint density at radius 1 is 1.16 bits per heavy atom. The van der Waals surface area contributed by atoms with Crippen LogP contribution in [0.25, 0.3) is 0 Å². The van der Waals surface area contributed by atoms with Gasteiger partial charge in [0.2, 0.25) is 0 Å². The Balaban J connectivity index is 2.18. The standard InChI is InChI=1S/C13H23NO4S/c1-19(17,18)12-8-4-7-11(12)14(9-13(15)16)10-5-2-3-6-10/h10-12H,2-9H2,1H3,(H,15,16). The molecule has 2 unspecified atom stereocenters. The summed E-state index contributed by atoms with van der Waals surface area (Å²) < 4.78 is 23.7. The molecule has 5 nitrogen and oxygen atoms in total. The number of hydrogen-bond acceptors (Lipinski definition) is 4. The Kier molecular flexibility index (Phi) is 4.50. The summed E-state index contributed by atoms with van der Waals surface area (Å²) in [7, 11) is -3.10. The molecule has 0 saturated heterocycles. The van der Waals surface area contributed by atoms with E-state index in [0.29, 0.717) is 6.42 Å². The summed E-state index contributed by atoms with van der Waals surface area (Å²) in [6.45, 7) is -0.0264. The van der Waals surface area contributed by atoms with Gasteiger partial charge in [0.25, 0.3) is 0 Å². The lowest BCUT2D eigenvalue weighted by atomic mass is 10.1. The molecule has 0 amide bonds. The van der Waals surface area contributed by atoms with Crippen molar-refractivity contribution in [2.45, 2.75) is 62.3 Å². The number of rotatable bonds is 5. The molecule has 110 valence electrons. The molecule has 1 N–H and O–H groups in total. The van der Waals surface area contributed by atoms with Gasteiger partial charge in [-0.1, -0.05) is 19.3 Å². The summed E-state index contributed by atoms with van der Waals surface area (Å²) in [5, 5.41) is 8.72. The van der Waals surface area contributed by atoms with Gasteiger partial charge in [0.15, 0.2) is 9.84 Å². The SMILES string of the molecule is CS(=O)(=O)C1CCCC1N(CC(=O)O)C1CCCC1. The van der Waals surface area contributed by atoms with Gasteiger partial charge in [0.1, 0.15) is 0 Å². The first-order valence-electron chi connectivity index (χ1n) is 7.06. The van der Waals surface area contributed by atoms with Crippen LogP contribution in [0.5, 0.6) is 0 Å². The smallest absolute Gasteiger partial charge is 0.317 e. The third-order valence-electron chi connectivity index (χ3n) is 4.51. The quantitative estimate of drug-likeness (QED) is 0.825. The van der Waals surface area contributed by atoms with E-state index in [1.165, 1.54) is 6.26 Å². The fourth-order valence-corrected chi connectivity index (χ4v) is 5.15. The fraction of sp³-hybridized carbons (Fsp3) is 0.923. The van der Waals surface area contributed by atoms with Crippen LogP contribution in [0, 0.1) is 0 Å². The highest BCUT2D eigenvalue weighted by molar-refractivity contribution is 7.91. The van der Waals surface area contributed by atoms with Gasteiger partial charge in [0.05, 0.1) is 11.8 Å². The van der Waals surface area contributed by atoms with Crippen LogP contribution in [0.15, 0.2) is 0 Å². The third kappa shape index (κ3) is 3.48. The first kappa shape index (κ1) is 14.8. The molecule has 2 atom stereocenters. The van der Waals surface area contributed by atoms with Gasteiger partial charge in [0, 0.05) is 18.3 Å². The van der Waals surface area contributed by atoms with Gasteiger partial charge in [-0.05, 0) is 25.7 Å². The minimum atomic E-state index is -3.10. The molecule has 19 heavy (non-hydrogen) atoms. The summed E-state index contributed by atoms with van der Waals surface area (Å²) in [6.07, 6.45) is 7.89. The minimum absolute atomic E-state index is 0.0264. The van der Waals surface area contributed by atoms with E-state index in [-0.39, 0.29) is 23.9 Å². The molecular formula is C13H23NO4S. The highest BCUT2D eigenvalue weighted by Crippen LogP contribution is 2.34. The summed E-state index contributed by atoms with van der Waals surface area (Å²) in [5.41, 5.74) is 0. The lowest BCUT2D eigenvalue weighted by Crippen LogP contribution is -2.50. The van der Waals surface area contributed by atoms with Crippen LogP contribution in [0.4, 0.5) is 0 Å². The van der Waals surface area contributed by atoms with Crippen molar-refractivity contribution in [1.82, 2.24) is 4.90 Å². The monoisotopic (exact) mass is 289 g/mol. The summed E-state index contributed by atoms with van der Waals surface area (Å²) >= 11 is 0. The number of carboxylic acids is 1. The van der Waals surface area contributed by atoms with E-state index >= 15 is 0 Å². The van der Waals surface area contributed by atoms with E-state index in [9.17, 15) is 13.2 Å². The zero-order valence-electron chi connectivity index (χ0n) is 11.4. The molecule has 0 spiro atoms. The Hall–Kier alpha value is -0.620. The van der Waals surface area contributed by atoms with Gasteiger partial charge in [-0.3, -0.25) is 9.69 Å². The second-order valence-corrected chi connectivity index (χ2v) is 8.14. The van der Waals surface area contributed by atoms with E-state index in [4.69, 9.17) is 5.11 Å².